The molecular formula is C21H26N4O4. The van der Waals surface area contributed by atoms with Crippen LogP contribution < -0.4 is 5.69 Å². The van der Waals surface area contributed by atoms with Crippen LogP contribution in [-0.2, 0) is 0 Å². The maximum atomic E-state index is 13.3. The Kier molecular flexibility index (Phi) is 5.42. The number of amides is 2. The van der Waals surface area contributed by atoms with Crippen molar-refractivity contribution in [2.75, 3.05) is 26.2 Å². The highest BCUT2D eigenvalue weighted by Gasteiger charge is 2.31. The summed E-state index contributed by atoms with van der Waals surface area (Å²) < 4.78 is 1.77. The summed E-state index contributed by atoms with van der Waals surface area (Å²) in [6.45, 7) is 1.18. The predicted molar refractivity (Wildman–Crippen MR) is 108 cm³/mol. The Bertz CT molecular complexity index is 935. The third kappa shape index (κ3) is 3.79. The second-order valence-corrected chi connectivity index (χ2v) is 7.74. The Balaban J connectivity index is 1.71. The van der Waals surface area contributed by atoms with E-state index >= 15 is 0 Å². The van der Waals surface area contributed by atoms with E-state index in [0.29, 0.717) is 24.5 Å². The van der Waals surface area contributed by atoms with Gasteiger partial charge in [0.2, 0.25) is 0 Å². The van der Waals surface area contributed by atoms with Crippen LogP contribution in [-0.4, -0.2) is 62.6 Å². The van der Waals surface area contributed by atoms with E-state index in [9.17, 15) is 14.4 Å². The molecule has 2 amide bonds. The number of carboxylic acid groups (broad SMARTS) is 1. The number of H-pyrrole nitrogens is 1. The van der Waals surface area contributed by atoms with Crippen molar-refractivity contribution >= 4 is 12.0 Å². The molecule has 2 aliphatic rings. The number of nitrogens with one attached hydrogen (secondary N) is 1. The van der Waals surface area contributed by atoms with Crippen molar-refractivity contribution in [1.82, 2.24) is 19.4 Å². The molecule has 29 heavy (non-hydrogen) atoms. The fourth-order valence-corrected chi connectivity index (χ4v) is 4.43. The second-order valence-electron chi connectivity index (χ2n) is 7.74. The fourth-order valence-electron chi connectivity index (χ4n) is 4.43. The van der Waals surface area contributed by atoms with Gasteiger partial charge in [0.1, 0.15) is 5.69 Å². The Morgan fingerprint density at radius 2 is 1.55 bits per heavy atom. The fraction of sp³-hybridized carbons (Fsp3) is 0.476. The van der Waals surface area contributed by atoms with Gasteiger partial charge in [-0.2, -0.15) is 0 Å². The first-order valence-corrected chi connectivity index (χ1v) is 10.2. The summed E-state index contributed by atoms with van der Waals surface area (Å²) in [6, 6.07) is 9.64. The van der Waals surface area contributed by atoms with Gasteiger partial charge in [0.15, 0.2) is 0 Å². The molecule has 1 aliphatic heterocycles. The number of imidazole rings is 1. The van der Waals surface area contributed by atoms with Gasteiger partial charge in [-0.3, -0.25) is 9.36 Å². The van der Waals surface area contributed by atoms with Gasteiger partial charge in [-0.1, -0.05) is 49.6 Å². The molecule has 2 aromatic rings. The van der Waals surface area contributed by atoms with Crippen LogP contribution in [0.1, 0.15) is 48.6 Å². The monoisotopic (exact) mass is 398 g/mol. The molecule has 8 heteroatoms. The minimum atomic E-state index is -0.973. The van der Waals surface area contributed by atoms with Crippen LogP contribution in [0.5, 0.6) is 0 Å². The molecule has 0 bridgehead atoms. The lowest BCUT2D eigenvalue weighted by Crippen LogP contribution is -2.50. The van der Waals surface area contributed by atoms with Gasteiger partial charge in [-0.25, -0.2) is 9.59 Å². The molecule has 2 heterocycles. The lowest BCUT2D eigenvalue weighted by molar-refractivity contribution is 0.0620. The minimum Gasteiger partial charge on any atom is -0.465 e. The van der Waals surface area contributed by atoms with E-state index in [0.717, 1.165) is 31.2 Å². The average Bonchev–Trinajstić information content (AvgIpc) is 3.11. The number of piperazine rings is 1. The summed E-state index contributed by atoms with van der Waals surface area (Å²) in [7, 11) is 0. The first-order valence-electron chi connectivity index (χ1n) is 10.2. The standard InChI is InChI=1S/C21H26N4O4/c26-19(23-11-13-24(14-12-23)21(28)29)17-18(15-7-3-1-4-8-15)25(20(27)22-17)16-9-5-2-6-10-16/h1,3-4,7-8,16H,2,5-6,9-14H2,(H,22,27)(H,28,29). The number of benzene rings is 1. The average molecular weight is 398 g/mol. The highest BCUT2D eigenvalue weighted by molar-refractivity contribution is 5.98. The molecule has 8 nitrogen and oxygen atoms in total. The Morgan fingerprint density at radius 3 is 2.17 bits per heavy atom. The Morgan fingerprint density at radius 1 is 0.931 bits per heavy atom. The van der Waals surface area contributed by atoms with E-state index in [-0.39, 0.29) is 30.7 Å². The highest BCUT2D eigenvalue weighted by atomic mass is 16.4. The van der Waals surface area contributed by atoms with Crippen LogP contribution in [0.2, 0.25) is 0 Å². The molecule has 0 spiro atoms. The van der Waals surface area contributed by atoms with Crippen LogP contribution in [0.15, 0.2) is 35.1 Å². The Hall–Kier alpha value is -3.03. The van der Waals surface area contributed by atoms with Crippen LogP contribution >= 0.6 is 0 Å². The number of nitrogens with zero attached hydrogens (tertiary/aromatic N) is 3. The van der Waals surface area contributed by atoms with Gasteiger partial charge in [0.05, 0.1) is 5.69 Å². The summed E-state index contributed by atoms with van der Waals surface area (Å²) in [6.07, 6.45) is 4.23. The largest absolute Gasteiger partial charge is 0.465 e. The zero-order chi connectivity index (χ0) is 20.4. The van der Waals surface area contributed by atoms with Gasteiger partial charge >= 0.3 is 11.8 Å². The zero-order valence-electron chi connectivity index (χ0n) is 16.3. The van der Waals surface area contributed by atoms with Crippen LogP contribution in [0, 0.1) is 0 Å². The third-order valence-corrected chi connectivity index (χ3v) is 5.97. The summed E-state index contributed by atoms with van der Waals surface area (Å²) in [4.78, 5) is 43.1. The number of rotatable bonds is 3. The molecule has 1 aromatic carbocycles. The molecule has 1 saturated heterocycles. The summed E-state index contributed by atoms with van der Waals surface area (Å²) >= 11 is 0. The molecular weight excluding hydrogens is 372 g/mol. The molecule has 1 saturated carbocycles. The summed E-state index contributed by atoms with van der Waals surface area (Å²) in [5.41, 5.74) is 1.54. The van der Waals surface area contributed by atoms with Crippen LogP contribution in [0.3, 0.4) is 0 Å². The SMILES string of the molecule is O=C(O)N1CCN(C(=O)c2[nH]c(=O)n(C3CCCCC3)c2-c2ccccc2)CC1. The van der Waals surface area contributed by atoms with E-state index in [1.54, 1.807) is 9.47 Å². The van der Waals surface area contributed by atoms with Crippen molar-refractivity contribution in [1.29, 1.82) is 0 Å². The number of hydrogen-bond acceptors (Lipinski definition) is 3. The number of aromatic nitrogens is 2. The van der Waals surface area contributed by atoms with Crippen LogP contribution in [0.25, 0.3) is 11.3 Å². The molecule has 2 N–H and O–H groups in total. The molecule has 2 fully saturated rings. The van der Waals surface area contributed by atoms with Crippen molar-refractivity contribution in [3.63, 3.8) is 0 Å². The van der Waals surface area contributed by atoms with Crippen LogP contribution in [0.4, 0.5) is 4.79 Å². The van der Waals surface area contributed by atoms with Gasteiger partial charge in [0, 0.05) is 37.8 Å². The van der Waals surface area contributed by atoms with E-state index in [1.807, 2.05) is 30.3 Å². The van der Waals surface area contributed by atoms with Crippen molar-refractivity contribution in [3.05, 3.63) is 46.5 Å². The van der Waals surface area contributed by atoms with Crippen molar-refractivity contribution in [2.45, 2.75) is 38.1 Å². The first-order chi connectivity index (χ1) is 14.1. The summed E-state index contributed by atoms with van der Waals surface area (Å²) in [5, 5.41) is 9.13. The van der Waals surface area contributed by atoms with E-state index in [2.05, 4.69) is 4.98 Å². The lowest BCUT2D eigenvalue weighted by atomic mass is 9.94. The van der Waals surface area contributed by atoms with E-state index in [1.165, 1.54) is 11.3 Å². The quantitative estimate of drug-likeness (QED) is 0.830. The molecule has 154 valence electrons. The lowest BCUT2D eigenvalue weighted by Gasteiger charge is -2.33. The third-order valence-electron chi connectivity index (χ3n) is 5.97. The molecule has 0 unspecified atom stereocenters. The van der Waals surface area contributed by atoms with E-state index in [4.69, 9.17) is 5.11 Å². The van der Waals surface area contributed by atoms with Gasteiger partial charge in [0.25, 0.3) is 5.91 Å². The van der Waals surface area contributed by atoms with E-state index < -0.39 is 6.09 Å². The zero-order valence-corrected chi connectivity index (χ0v) is 16.3. The molecule has 1 aliphatic carbocycles. The molecule has 4 rings (SSSR count). The van der Waals surface area contributed by atoms with Gasteiger partial charge in [-0.15, -0.1) is 0 Å². The smallest absolute Gasteiger partial charge is 0.407 e. The maximum Gasteiger partial charge on any atom is 0.407 e. The topological polar surface area (TPSA) is 98.6 Å². The second kappa shape index (κ2) is 8.14. The van der Waals surface area contributed by atoms with Crippen molar-refractivity contribution < 1.29 is 14.7 Å². The van der Waals surface area contributed by atoms with Gasteiger partial charge < -0.3 is 19.9 Å². The minimum absolute atomic E-state index is 0.0908. The number of carbonyl (C=O) groups is 2. The molecule has 1 aromatic heterocycles. The summed E-state index contributed by atoms with van der Waals surface area (Å²) in [5.74, 6) is -0.249. The molecule has 0 radical (unpaired) electrons. The Labute approximate surface area is 168 Å². The normalized spacial score (nSPS) is 18.1. The predicted octanol–water partition coefficient (Wildman–Crippen LogP) is 2.78. The maximum absolute atomic E-state index is 13.3. The number of carbonyl (C=O) groups excluding carboxylic acids is 1. The van der Waals surface area contributed by atoms with Crippen molar-refractivity contribution in [3.8, 4) is 11.3 Å². The van der Waals surface area contributed by atoms with Crippen molar-refractivity contribution in [2.24, 2.45) is 0 Å². The van der Waals surface area contributed by atoms with Gasteiger partial charge in [-0.05, 0) is 12.8 Å². The highest BCUT2D eigenvalue weighted by Crippen LogP contribution is 2.33. The number of aromatic amines is 1. The first kappa shape index (κ1) is 19.3. The number of hydrogen-bond donors (Lipinski definition) is 2. The molecule has 0 atom stereocenters.